The van der Waals surface area contributed by atoms with Crippen LogP contribution < -0.4 is 0 Å². The first kappa shape index (κ1) is 21.3. The Kier molecular flexibility index (Phi) is 8.79. The Bertz CT molecular complexity index is 567. The maximum Gasteiger partial charge on any atom is 0.314 e. The molecule has 5 nitrogen and oxygen atoms in total. The van der Waals surface area contributed by atoms with Crippen LogP contribution >= 0.6 is 0 Å². The van der Waals surface area contributed by atoms with Gasteiger partial charge >= 0.3 is 5.97 Å². The van der Waals surface area contributed by atoms with Gasteiger partial charge in [-0.2, -0.15) is 0 Å². The summed E-state index contributed by atoms with van der Waals surface area (Å²) in [5.74, 6) is -1.06. The third-order valence-electron chi connectivity index (χ3n) is 4.15. The average Bonchev–Trinajstić information content (AvgIpc) is 2.72. The molecule has 1 rings (SSSR count). The van der Waals surface area contributed by atoms with E-state index in [4.69, 9.17) is 0 Å². The van der Waals surface area contributed by atoms with Gasteiger partial charge in [-0.05, 0) is 59.5 Å². The zero-order chi connectivity index (χ0) is 19.0. The van der Waals surface area contributed by atoms with Gasteiger partial charge < -0.3 is 14.9 Å². The van der Waals surface area contributed by atoms with Crippen molar-refractivity contribution in [2.45, 2.75) is 72.2 Å². The van der Waals surface area contributed by atoms with Crippen molar-refractivity contribution in [3.8, 4) is 0 Å². The quantitative estimate of drug-likeness (QED) is 0.379. The van der Waals surface area contributed by atoms with Crippen LogP contribution in [0.3, 0.4) is 0 Å². The summed E-state index contributed by atoms with van der Waals surface area (Å²) in [4.78, 5) is 23.2. The Balaban J connectivity index is 2.34. The second kappa shape index (κ2) is 10.3. The van der Waals surface area contributed by atoms with Crippen molar-refractivity contribution in [3.05, 3.63) is 34.9 Å². The lowest BCUT2D eigenvalue weighted by molar-refractivity contribution is -0.159. The lowest BCUT2D eigenvalue weighted by atomic mass is 9.97. The van der Waals surface area contributed by atoms with E-state index in [-0.39, 0.29) is 5.78 Å². The third-order valence-corrected chi connectivity index (χ3v) is 4.15. The molecule has 1 heterocycles. The average molecular weight is 350 g/mol. The van der Waals surface area contributed by atoms with Gasteiger partial charge in [-0.3, -0.25) is 9.59 Å². The highest BCUT2D eigenvalue weighted by Gasteiger charge is 2.41. The smallest absolute Gasteiger partial charge is 0.314 e. The van der Waals surface area contributed by atoms with Gasteiger partial charge in [0.1, 0.15) is 6.10 Å². The summed E-state index contributed by atoms with van der Waals surface area (Å²) in [5, 5.41) is 18.9. The van der Waals surface area contributed by atoms with Crippen LogP contribution in [0, 0.1) is 5.92 Å². The standard InChI is InChI=1S/C20H30O5/c1-13(2)11-16(21)12-15(4)9-5-7-14(3)8-6-10-17-18(22)20(24)25-19(17)23/h8-9,11,17-18,20,22,24H,5-7,10,12H2,1-4H3/b14-8+,15-9+/t17-,18+,20+/m1/s1. The Morgan fingerprint density at radius 2 is 1.72 bits per heavy atom. The first-order chi connectivity index (χ1) is 11.7. The highest BCUT2D eigenvalue weighted by Crippen LogP contribution is 2.25. The molecule has 0 aromatic carbocycles. The molecule has 2 N–H and O–H groups in total. The molecule has 1 fully saturated rings. The molecule has 1 saturated heterocycles. The molecule has 1 aliphatic rings. The summed E-state index contributed by atoms with van der Waals surface area (Å²) in [7, 11) is 0. The van der Waals surface area contributed by atoms with E-state index in [1.165, 1.54) is 5.57 Å². The van der Waals surface area contributed by atoms with Crippen LogP contribution in [-0.4, -0.2) is 34.4 Å². The molecule has 5 heteroatoms. The van der Waals surface area contributed by atoms with Gasteiger partial charge in [-0.15, -0.1) is 0 Å². The Hall–Kier alpha value is -1.72. The molecule has 0 unspecified atom stereocenters. The van der Waals surface area contributed by atoms with Crippen LogP contribution in [0.5, 0.6) is 0 Å². The van der Waals surface area contributed by atoms with Crippen molar-refractivity contribution in [2.75, 3.05) is 0 Å². The van der Waals surface area contributed by atoms with Gasteiger partial charge in [0, 0.05) is 6.42 Å². The fourth-order valence-electron chi connectivity index (χ4n) is 2.78. The van der Waals surface area contributed by atoms with Crippen molar-refractivity contribution < 1.29 is 24.5 Å². The number of rotatable bonds is 9. The third kappa shape index (κ3) is 7.80. The van der Waals surface area contributed by atoms with Crippen LogP contribution in [0.1, 0.15) is 59.8 Å². The first-order valence-corrected chi connectivity index (χ1v) is 8.76. The predicted molar refractivity (Wildman–Crippen MR) is 96.6 cm³/mol. The first-order valence-electron chi connectivity index (χ1n) is 8.76. The molecule has 25 heavy (non-hydrogen) atoms. The number of esters is 1. The van der Waals surface area contributed by atoms with Gasteiger partial charge in [0.2, 0.25) is 6.29 Å². The minimum Gasteiger partial charge on any atom is -0.433 e. The van der Waals surface area contributed by atoms with Crippen LogP contribution in [0.2, 0.25) is 0 Å². The number of aliphatic hydroxyl groups is 2. The summed E-state index contributed by atoms with van der Waals surface area (Å²) < 4.78 is 4.60. The van der Waals surface area contributed by atoms with Crippen molar-refractivity contribution in [3.63, 3.8) is 0 Å². The molecule has 0 amide bonds. The highest BCUT2D eigenvalue weighted by atomic mass is 16.7. The second-order valence-corrected chi connectivity index (χ2v) is 7.01. The second-order valence-electron chi connectivity index (χ2n) is 7.01. The topological polar surface area (TPSA) is 83.8 Å². The fraction of sp³-hybridized carbons (Fsp3) is 0.600. The SMILES string of the molecule is CC(C)=CC(=O)C/C(C)=C/CC/C(C)=C/CC[C@H]1C(=O)O[C@H](O)[C@H]1O. The van der Waals surface area contributed by atoms with Gasteiger partial charge in [-0.25, -0.2) is 0 Å². The summed E-state index contributed by atoms with van der Waals surface area (Å²) in [6.45, 7) is 7.82. The molecular weight excluding hydrogens is 320 g/mol. The summed E-state index contributed by atoms with van der Waals surface area (Å²) >= 11 is 0. The van der Waals surface area contributed by atoms with Gasteiger partial charge in [0.25, 0.3) is 0 Å². The van der Waals surface area contributed by atoms with E-state index >= 15 is 0 Å². The number of allylic oxidation sites excluding steroid dienone is 6. The summed E-state index contributed by atoms with van der Waals surface area (Å²) in [5.41, 5.74) is 3.28. The molecule has 0 radical (unpaired) electrons. The number of carbonyl (C=O) groups excluding carboxylic acids is 2. The van der Waals surface area contributed by atoms with E-state index in [0.717, 1.165) is 24.0 Å². The van der Waals surface area contributed by atoms with Crippen LogP contribution in [0.4, 0.5) is 0 Å². The minimum atomic E-state index is -1.40. The number of cyclic esters (lactones) is 1. The number of ether oxygens (including phenoxy) is 1. The zero-order valence-electron chi connectivity index (χ0n) is 15.6. The number of carbonyl (C=O) groups is 2. The van der Waals surface area contributed by atoms with Gasteiger partial charge in [0.05, 0.1) is 5.92 Å². The van der Waals surface area contributed by atoms with E-state index < -0.39 is 24.3 Å². The molecule has 0 spiro atoms. The molecule has 0 bridgehead atoms. The molecule has 0 saturated carbocycles. The largest absolute Gasteiger partial charge is 0.433 e. The zero-order valence-corrected chi connectivity index (χ0v) is 15.6. The maximum absolute atomic E-state index is 11.7. The number of aliphatic hydroxyl groups excluding tert-OH is 2. The molecule has 140 valence electrons. The molecule has 0 aromatic heterocycles. The van der Waals surface area contributed by atoms with E-state index in [9.17, 15) is 19.8 Å². The molecule has 0 aromatic rings. The number of hydrogen-bond acceptors (Lipinski definition) is 5. The van der Waals surface area contributed by atoms with Crippen molar-refractivity contribution in [1.82, 2.24) is 0 Å². The maximum atomic E-state index is 11.7. The number of ketones is 1. The molecule has 3 atom stereocenters. The summed E-state index contributed by atoms with van der Waals surface area (Å²) in [6, 6.07) is 0. The monoisotopic (exact) mass is 350 g/mol. The van der Waals surface area contributed by atoms with Crippen LogP contribution in [-0.2, 0) is 14.3 Å². The lowest BCUT2D eigenvalue weighted by Gasteiger charge is -2.09. The number of hydrogen-bond donors (Lipinski definition) is 2. The molecule has 0 aliphatic carbocycles. The van der Waals surface area contributed by atoms with Gasteiger partial charge in [-0.1, -0.05) is 28.9 Å². The van der Waals surface area contributed by atoms with E-state index in [1.54, 1.807) is 6.08 Å². The predicted octanol–water partition coefficient (Wildman–Crippen LogP) is 3.22. The Morgan fingerprint density at radius 1 is 1.08 bits per heavy atom. The van der Waals surface area contributed by atoms with Crippen molar-refractivity contribution in [1.29, 1.82) is 0 Å². The normalized spacial score (nSPS) is 24.2. The highest BCUT2D eigenvalue weighted by molar-refractivity contribution is 5.91. The van der Waals surface area contributed by atoms with E-state index in [2.05, 4.69) is 10.8 Å². The summed E-state index contributed by atoms with van der Waals surface area (Å²) in [6.07, 6.45) is 6.58. The van der Waals surface area contributed by atoms with Crippen molar-refractivity contribution >= 4 is 11.8 Å². The van der Waals surface area contributed by atoms with Gasteiger partial charge in [0.15, 0.2) is 5.78 Å². The minimum absolute atomic E-state index is 0.130. The lowest BCUT2D eigenvalue weighted by Crippen LogP contribution is -2.26. The molecule has 1 aliphatic heterocycles. The molecular formula is C20H30O5. The Labute approximate surface area is 150 Å². The van der Waals surface area contributed by atoms with E-state index in [0.29, 0.717) is 19.3 Å². The van der Waals surface area contributed by atoms with E-state index in [1.807, 2.05) is 33.8 Å². The van der Waals surface area contributed by atoms with Crippen molar-refractivity contribution in [2.24, 2.45) is 5.92 Å². The fourth-order valence-corrected chi connectivity index (χ4v) is 2.78. The van der Waals surface area contributed by atoms with Crippen LogP contribution in [0.15, 0.2) is 34.9 Å². The Morgan fingerprint density at radius 3 is 2.28 bits per heavy atom. The van der Waals surface area contributed by atoms with Crippen LogP contribution in [0.25, 0.3) is 0 Å².